The second kappa shape index (κ2) is 3.97. The molecule has 0 aromatic carbocycles. The summed E-state index contributed by atoms with van der Waals surface area (Å²) < 4.78 is 0. The molecule has 0 saturated heterocycles. The van der Waals surface area contributed by atoms with Crippen LogP contribution >= 0.6 is 0 Å². The number of hydrogen-bond acceptors (Lipinski definition) is 0. The van der Waals surface area contributed by atoms with Crippen LogP contribution < -0.4 is 0 Å². The van der Waals surface area contributed by atoms with Gasteiger partial charge in [0.15, 0.2) is 0 Å². The summed E-state index contributed by atoms with van der Waals surface area (Å²) >= 11 is 0. The minimum absolute atomic E-state index is 0.0794. The fourth-order valence-electron chi connectivity index (χ4n) is 0.763. The Bertz CT molecular complexity index is 81.2. The van der Waals surface area contributed by atoms with Crippen LogP contribution in [0.3, 0.4) is 0 Å². The Morgan fingerprint density at radius 3 is 2.10 bits per heavy atom. The summed E-state index contributed by atoms with van der Waals surface area (Å²) in [6.07, 6.45) is 2.24. The van der Waals surface area contributed by atoms with Gasteiger partial charge in [-0.05, 0) is 24.2 Å². The Balaban J connectivity index is 3.36. The molecule has 1 unspecified atom stereocenters. The molecule has 0 amide bonds. The van der Waals surface area contributed by atoms with Crippen molar-refractivity contribution < 1.29 is 5.11 Å². The van der Waals surface area contributed by atoms with E-state index in [9.17, 15) is 5.11 Å². The van der Waals surface area contributed by atoms with Gasteiger partial charge in [-0.2, -0.15) is 0 Å². The Morgan fingerprint density at radius 2 is 1.80 bits per heavy atom. The molecule has 1 nitrogen and oxygen atoms in total. The van der Waals surface area contributed by atoms with Gasteiger partial charge in [-0.1, -0.05) is 27.7 Å². The number of hydrogen-bond donors (Lipinski definition) is 0. The molecule has 0 saturated carbocycles. The molecule has 0 aliphatic carbocycles. The van der Waals surface area contributed by atoms with Gasteiger partial charge in [0.25, 0.3) is 0 Å². The first-order valence-corrected chi connectivity index (χ1v) is 4.04. The summed E-state index contributed by atoms with van der Waals surface area (Å²) in [6.45, 7) is 8.74. The highest BCUT2D eigenvalue weighted by Gasteiger charge is 2.11. The van der Waals surface area contributed by atoms with E-state index in [-0.39, 0.29) is 6.61 Å². The van der Waals surface area contributed by atoms with E-state index in [2.05, 4.69) is 20.8 Å². The van der Waals surface area contributed by atoms with E-state index < -0.39 is 0 Å². The molecule has 0 fully saturated rings. The first-order valence-electron chi connectivity index (χ1n) is 4.04. The molecule has 0 rings (SSSR count). The molecule has 1 atom stereocenters. The summed E-state index contributed by atoms with van der Waals surface area (Å²) in [6, 6.07) is 0. The zero-order chi connectivity index (χ0) is 8.20. The third-order valence-corrected chi connectivity index (χ3v) is 1.67. The van der Waals surface area contributed by atoms with Gasteiger partial charge < -0.3 is 0 Å². The molecule has 0 aliphatic rings. The van der Waals surface area contributed by atoms with Crippen molar-refractivity contribution >= 4 is 0 Å². The van der Waals surface area contributed by atoms with Crippen LogP contribution in [0.25, 0.3) is 0 Å². The second-order valence-corrected chi connectivity index (χ2v) is 4.37. The predicted octanol–water partition coefficient (Wildman–Crippen LogP) is 2.88. The largest absolute Gasteiger partial charge is 0.236 e. The van der Waals surface area contributed by atoms with Crippen molar-refractivity contribution in [3.8, 4) is 0 Å². The van der Waals surface area contributed by atoms with E-state index in [1.807, 2.05) is 6.92 Å². The van der Waals surface area contributed by atoms with Crippen LogP contribution in [0, 0.1) is 11.3 Å². The normalized spacial score (nSPS) is 15.3. The van der Waals surface area contributed by atoms with Crippen molar-refractivity contribution in [3.63, 3.8) is 0 Å². The van der Waals surface area contributed by atoms with E-state index in [1.165, 1.54) is 0 Å². The first-order chi connectivity index (χ1) is 4.45. The highest BCUT2D eigenvalue weighted by molar-refractivity contribution is 4.63. The van der Waals surface area contributed by atoms with Gasteiger partial charge in [-0.15, -0.1) is 0 Å². The Kier molecular flexibility index (Phi) is 3.95. The van der Waals surface area contributed by atoms with E-state index >= 15 is 0 Å². The lowest BCUT2D eigenvalue weighted by molar-refractivity contribution is 0.139. The van der Waals surface area contributed by atoms with Crippen molar-refractivity contribution in [2.75, 3.05) is 6.61 Å². The molecule has 0 spiro atoms. The zero-order valence-corrected chi connectivity index (χ0v) is 7.61. The van der Waals surface area contributed by atoms with E-state index in [1.54, 1.807) is 0 Å². The van der Waals surface area contributed by atoms with E-state index in [0.717, 1.165) is 12.8 Å². The molecular formula is C9H19O. The average molecular weight is 143 g/mol. The van der Waals surface area contributed by atoms with Crippen LogP contribution in [0.2, 0.25) is 0 Å². The summed E-state index contributed by atoms with van der Waals surface area (Å²) in [7, 11) is 0. The second-order valence-electron chi connectivity index (χ2n) is 4.37. The van der Waals surface area contributed by atoms with Gasteiger partial charge in [-0.3, -0.25) is 0 Å². The molecule has 1 heteroatoms. The maximum absolute atomic E-state index is 10.3. The smallest absolute Gasteiger partial charge is 0.0847 e. The predicted molar refractivity (Wildman–Crippen MR) is 43.4 cm³/mol. The van der Waals surface area contributed by atoms with E-state index in [0.29, 0.717) is 11.3 Å². The van der Waals surface area contributed by atoms with Gasteiger partial charge in [0, 0.05) is 0 Å². The van der Waals surface area contributed by atoms with Gasteiger partial charge >= 0.3 is 0 Å². The van der Waals surface area contributed by atoms with Crippen LogP contribution in [0.15, 0.2) is 0 Å². The van der Waals surface area contributed by atoms with Crippen LogP contribution in [-0.4, -0.2) is 6.61 Å². The van der Waals surface area contributed by atoms with Crippen molar-refractivity contribution in [2.45, 2.75) is 40.5 Å². The molecule has 1 radical (unpaired) electrons. The number of rotatable bonds is 3. The van der Waals surface area contributed by atoms with Crippen molar-refractivity contribution in [2.24, 2.45) is 11.3 Å². The van der Waals surface area contributed by atoms with Crippen LogP contribution in [0.1, 0.15) is 40.5 Å². The van der Waals surface area contributed by atoms with Gasteiger partial charge in [0.1, 0.15) is 0 Å². The Labute approximate surface area is 64.5 Å². The van der Waals surface area contributed by atoms with Crippen LogP contribution in [0.5, 0.6) is 0 Å². The fraction of sp³-hybridized carbons (Fsp3) is 1.00. The molecule has 0 N–H and O–H groups in total. The minimum atomic E-state index is 0.0794. The Hall–Kier alpha value is -0.0400. The third kappa shape index (κ3) is 6.09. The van der Waals surface area contributed by atoms with Gasteiger partial charge in [-0.25, -0.2) is 5.11 Å². The quantitative estimate of drug-likeness (QED) is 0.579. The molecule has 0 aromatic rings. The average Bonchev–Trinajstić information content (AvgIpc) is 1.81. The molecule has 0 aromatic heterocycles. The highest BCUT2D eigenvalue weighted by atomic mass is 16.3. The standard InChI is InChI=1S/C9H19O/c1-8(7-10)5-6-9(2,3)4/h8H,5-7H2,1-4H3. The third-order valence-electron chi connectivity index (χ3n) is 1.67. The Morgan fingerprint density at radius 1 is 1.30 bits per heavy atom. The fourth-order valence-corrected chi connectivity index (χ4v) is 0.763. The van der Waals surface area contributed by atoms with Gasteiger partial charge in [0.05, 0.1) is 6.61 Å². The maximum atomic E-state index is 10.3. The monoisotopic (exact) mass is 143 g/mol. The zero-order valence-electron chi connectivity index (χ0n) is 7.61. The summed E-state index contributed by atoms with van der Waals surface area (Å²) in [5.41, 5.74) is 0.392. The molecule has 0 heterocycles. The summed E-state index contributed by atoms with van der Waals surface area (Å²) in [5.74, 6) is 0.360. The topological polar surface area (TPSA) is 19.9 Å². The first kappa shape index (κ1) is 9.96. The van der Waals surface area contributed by atoms with Gasteiger partial charge in [0.2, 0.25) is 0 Å². The lowest BCUT2D eigenvalue weighted by atomic mass is 9.87. The SMILES string of the molecule is CC(C[O])CCC(C)(C)C. The lowest BCUT2D eigenvalue weighted by Gasteiger charge is -2.19. The maximum Gasteiger partial charge on any atom is 0.0847 e. The summed E-state index contributed by atoms with van der Waals surface area (Å²) in [5, 5.41) is 10.3. The molecule has 61 valence electrons. The lowest BCUT2D eigenvalue weighted by Crippen LogP contribution is -2.09. The molecule has 0 bridgehead atoms. The van der Waals surface area contributed by atoms with Crippen molar-refractivity contribution in [1.29, 1.82) is 0 Å². The molecular weight excluding hydrogens is 124 g/mol. The molecule has 10 heavy (non-hydrogen) atoms. The van der Waals surface area contributed by atoms with Crippen LogP contribution in [0.4, 0.5) is 0 Å². The highest BCUT2D eigenvalue weighted by Crippen LogP contribution is 2.23. The van der Waals surface area contributed by atoms with Crippen LogP contribution in [-0.2, 0) is 5.11 Å². The van der Waals surface area contributed by atoms with Crippen molar-refractivity contribution in [3.05, 3.63) is 0 Å². The van der Waals surface area contributed by atoms with E-state index in [4.69, 9.17) is 0 Å². The molecule has 0 aliphatic heterocycles. The minimum Gasteiger partial charge on any atom is -0.236 e. The summed E-state index contributed by atoms with van der Waals surface area (Å²) in [4.78, 5) is 0. The van der Waals surface area contributed by atoms with Crippen molar-refractivity contribution in [1.82, 2.24) is 0 Å².